The number of hydrogen-bond donors (Lipinski definition) is 1. The lowest BCUT2D eigenvalue weighted by Gasteiger charge is -2.53. The quantitative estimate of drug-likeness (QED) is 0.603. The van der Waals surface area contributed by atoms with E-state index in [2.05, 4.69) is 16.8 Å². The summed E-state index contributed by atoms with van der Waals surface area (Å²) < 4.78 is 0. The van der Waals surface area contributed by atoms with Crippen molar-refractivity contribution < 1.29 is 14.4 Å². The van der Waals surface area contributed by atoms with Crippen molar-refractivity contribution in [3.05, 3.63) is 41.5 Å². The van der Waals surface area contributed by atoms with E-state index in [1.54, 1.807) is 6.07 Å². The third kappa shape index (κ3) is 3.18. The molecule has 5 rings (SSSR count). The maximum Gasteiger partial charge on any atom is 0.262 e. The zero-order chi connectivity index (χ0) is 20.9. The molecule has 1 saturated carbocycles. The Hall–Kier alpha value is -2.47. The maximum atomic E-state index is 13.3. The molecule has 158 valence electrons. The topological polar surface area (TPSA) is 69.7 Å². The van der Waals surface area contributed by atoms with Crippen molar-refractivity contribution >= 4 is 23.3 Å². The van der Waals surface area contributed by atoms with E-state index in [0.717, 1.165) is 43.9 Å². The van der Waals surface area contributed by atoms with E-state index < -0.39 is 0 Å². The molecule has 0 radical (unpaired) electrons. The lowest BCUT2D eigenvalue weighted by atomic mass is 9.72. The third-order valence-corrected chi connectivity index (χ3v) is 7.42. The molecule has 0 aromatic heterocycles. The number of carbonyl (C=O) groups is 3. The second-order valence-electron chi connectivity index (χ2n) is 9.42. The first-order valence-corrected chi connectivity index (χ1v) is 11.1. The average Bonchev–Trinajstić information content (AvgIpc) is 2.96. The molecule has 4 aliphatic rings. The average molecular weight is 408 g/mol. The van der Waals surface area contributed by atoms with Gasteiger partial charge in [-0.2, -0.15) is 0 Å². The van der Waals surface area contributed by atoms with Crippen molar-refractivity contribution in [2.45, 2.75) is 51.0 Å². The Labute approximate surface area is 177 Å². The number of nitrogens with zero attached hydrogens (tertiary/aromatic N) is 2. The van der Waals surface area contributed by atoms with Gasteiger partial charge in [-0.3, -0.25) is 19.3 Å². The van der Waals surface area contributed by atoms with Crippen LogP contribution < -0.4 is 10.2 Å². The van der Waals surface area contributed by atoms with Crippen LogP contribution in [0.1, 0.15) is 65.7 Å². The Morgan fingerprint density at radius 1 is 0.967 bits per heavy atom. The number of carbonyl (C=O) groups excluding carboxylic acids is 3. The fraction of sp³-hybridized carbons (Fsp3) is 0.542. The summed E-state index contributed by atoms with van der Waals surface area (Å²) in [7, 11) is 0. The highest BCUT2D eigenvalue weighted by Crippen LogP contribution is 2.42. The molecule has 0 bridgehead atoms. The molecule has 1 aliphatic carbocycles. The molecule has 1 aromatic rings. The SMILES string of the molecule is C=C1CCCC(=O)CCC1N1C(=O)c2ccc(N3CC4(CCNCC4)C3)cc2C1=O. The summed E-state index contributed by atoms with van der Waals surface area (Å²) in [6, 6.07) is 5.28. The number of Topliss-reactive ketones (excluding diaryl/α,β-unsaturated/α-hetero) is 1. The summed E-state index contributed by atoms with van der Waals surface area (Å²) in [5.74, 6) is -0.289. The highest BCUT2D eigenvalue weighted by molar-refractivity contribution is 6.22. The molecular weight excluding hydrogens is 378 g/mol. The number of ketones is 1. The predicted octanol–water partition coefficient (Wildman–Crippen LogP) is 2.93. The molecule has 2 amide bonds. The zero-order valence-corrected chi connectivity index (χ0v) is 17.4. The Balaban J connectivity index is 1.36. The Morgan fingerprint density at radius 3 is 2.47 bits per heavy atom. The fourth-order valence-corrected chi connectivity index (χ4v) is 5.56. The van der Waals surface area contributed by atoms with E-state index in [0.29, 0.717) is 42.2 Å². The van der Waals surface area contributed by atoms with Gasteiger partial charge in [0.2, 0.25) is 0 Å². The highest BCUT2D eigenvalue weighted by atomic mass is 16.2. The molecule has 1 N–H and O–H groups in total. The van der Waals surface area contributed by atoms with Crippen molar-refractivity contribution in [2.24, 2.45) is 5.41 Å². The van der Waals surface area contributed by atoms with Crippen LogP contribution in [0.4, 0.5) is 5.69 Å². The van der Waals surface area contributed by atoms with Crippen LogP contribution in [0, 0.1) is 5.41 Å². The van der Waals surface area contributed by atoms with E-state index in [1.807, 2.05) is 12.1 Å². The first kappa shape index (κ1) is 19.5. The van der Waals surface area contributed by atoms with Crippen LogP contribution in [0.2, 0.25) is 0 Å². The molecule has 2 saturated heterocycles. The normalized spacial score (nSPS) is 26.5. The van der Waals surface area contributed by atoms with E-state index in [4.69, 9.17) is 0 Å². The third-order valence-electron chi connectivity index (χ3n) is 7.42. The number of fused-ring (bicyclic) bond motifs is 1. The minimum absolute atomic E-state index is 0.205. The van der Waals surface area contributed by atoms with Gasteiger partial charge in [-0.05, 0) is 63.4 Å². The number of nitrogens with one attached hydrogen (secondary N) is 1. The van der Waals surface area contributed by atoms with Gasteiger partial charge in [0.05, 0.1) is 17.2 Å². The van der Waals surface area contributed by atoms with Gasteiger partial charge in [0, 0.05) is 37.0 Å². The number of anilines is 1. The lowest BCUT2D eigenvalue weighted by Crippen LogP contribution is -2.60. The fourth-order valence-electron chi connectivity index (χ4n) is 5.56. The second-order valence-corrected chi connectivity index (χ2v) is 9.42. The van der Waals surface area contributed by atoms with Crippen LogP contribution in [-0.2, 0) is 4.79 Å². The smallest absolute Gasteiger partial charge is 0.262 e. The van der Waals surface area contributed by atoms with Gasteiger partial charge in [0.1, 0.15) is 5.78 Å². The number of rotatable bonds is 2. The second kappa shape index (κ2) is 7.34. The Kier molecular flexibility index (Phi) is 4.77. The van der Waals surface area contributed by atoms with Crippen molar-refractivity contribution in [3.63, 3.8) is 0 Å². The van der Waals surface area contributed by atoms with Gasteiger partial charge < -0.3 is 10.2 Å². The van der Waals surface area contributed by atoms with Gasteiger partial charge in [0.15, 0.2) is 0 Å². The molecule has 3 fully saturated rings. The summed E-state index contributed by atoms with van der Waals surface area (Å²) in [6.45, 7) is 8.33. The van der Waals surface area contributed by atoms with E-state index in [9.17, 15) is 14.4 Å². The number of benzene rings is 1. The van der Waals surface area contributed by atoms with Crippen LogP contribution >= 0.6 is 0 Å². The van der Waals surface area contributed by atoms with Crippen LogP contribution in [-0.4, -0.2) is 54.7 Å². The summed E-state index contributed by atoms with van der Waals surface area (Å²) in [5, 5.41) is 3.42. The van der Waals surface area contributed by atoms with E-state index >= 15 is 0 Å². The van der Waals surface area contributed by atoms with Crippen molar-refractivity contribution in [2.75, 3.05) is 31.1 Å². The van der Waals surface area contributed by atoms with Crippen molar-refractivity contribution in [1.29, 1.82) is 0 Å². The lowest BCUT2D eigenvalue weighted by molar-refractivity contribution is -0.119. The van der Waals surface area contributed by atoms with Crippen molar-refractivity contribution in [1.82, 2.24) is 10.2 Å². The van der Waals surface area contributed by atoms with E-state index in [-0.39, 0.29) is 23.6 Å². The predicted molar refractivity (Wildman–Crippen MR) is 115 cm³/mol. The van der Waals surface area contributed by atoms with Gasteiger partial charge in [-0.1, -0.05) is 12.2 Å². The number of imide groups is 1. The number of hydrogen-bond acceptors (Lipinski definition) is 5. The molecule has 6 heteroatoms. The van der Waals surface area contributed by atoms with Crippen LogP contribution in [0.15, 0.2) is 30.4 Å². The molecule has 1 aromatic carbocycles. The maximum absolute atomic E-state index is 13.3. The minimum atomic E-state index is -0.382. The van der Waals surface area contributed by atoms with E-state index in [1.165, 1.54) is 17.7 Å². The molecule has 3 heterocycles. The molecule has 1 unspecified atom stereocenters. The first-order chi connectivity index (χ1) is 14.5. The monoisotopic (exact) mass is 407 g/mol. The molecule has 3 aliphatic heterocycles. The highest BCUT2D eigenvalue weighted by Gasteiger charge is 2.45. The van der Waals surface area contributed by atoms with Gasteiger partial charge >= 0.3 is 0 Å². The largest absolute Gasteiger partial charge is 0.370 e. The number of amides is 2. The molecular formula is C24H29N3O3. The summed E-state index contributed by atoms with van der Waals surface area (Å²) in [6.07, 6.45) is 5.26. The molecule has 30 heavy (non-hydrogen) atoms. The molecule has 1 atom stereocenters. The Morgan fingerprint density at radius 2 is 1.70 bits per heavy atom. The van der Waals surface area contributed by atoms with Gasteiger partial charge in [-0.15, -0.1) is 0 Å². The molecule has 1 spiro atoms. The first-order valence-electron chi connectivity index (χ1n) is 11.1. The standard InChI is InChI=1S/C24H29N3O3/c1-16-3-2-4-18(28)6-8-21(16)27-22(29)19-7-5-17(13-20(19)23(27)30)26-14-24(15-26)9-11-25-12-10-24/h5,7,13,21,25H,1-4,6,8-12,14-15H2. The van der Waals surface area contributed by atoms with Crippen LogP contribution in [0.3, 0.4) is 0 Å². The zero-order valence-electron chi connectivity index (χ0n) is 17.4. The number of piperidine rings is 1. The van der Waals surface area contributed by atoms with Gasteiger partial charge in [0.25, 0.3) is 11.8 Å². The van der Waals surface area contributed by atoms with Crippen molar-refractivity contribution in [3.8, 4) is 0 Å². The van der Waals surface area contributed by atoms with Crippen LogP contribution in [0.25, 0.3) is 0 Å². The summed E-state index contributed by atoms with van der Waals surface area (Å²) in [4.78, 5) is 42.0. The van der Waals surface area contributed by atoms with Crippen LogP contribution in [0.5, 0.6) is 0 Å². The minimum Gasteiger partial charge on any atom is -0.370 e. The summed E-state index contributed by atoms with van der Waals surface area (Å²) in [5.41, 5.74) is 3.27. The Bertz CT molecular complexity index is 924. The van der Waals surface area contributed by atoms with Gasteiger partial charge in [-0.25, -0.2) is 0 Å². The molecule has 6 nitrogen and oxygen atoms in total. The summed E-state index contributed by atoms with van der Waals surface area (Å²) >= 11 is 0.